The van der Waals surface area contributed by atoms with E-state index in [1.165, 1.54) is 26.4 Å². The van der Waals surface area contributed by atoms with Crippen LogP contribution in [-0.4, -0.2) is 24.1 Å². The number of pyridine rings is 1. The van der Waals surface area contributed by atoms with E-state index in [0.29, 0.717) is 17.3 Å². The van der Waals surface area contributed by atoms with Gasteiger partial charge in [-0.25, -0.2) is 9.78 Å². The molecule has 2 unspecified atom stereocenters. The van der Waals surface area contributed by atoms with Gasteiger partial charge >= 0.3 is 5.97 Å². The Kier molecular flexibility index (Phi) is 3.84. The van der Waals surface area contributed by atoms with E-state index in [2.05, 4.69) is 17.2 Å². The Morgan fingerprint density at radius 1 is 1.44 bits per heavy atom. The molecule has 1 aromatic rings. The van der Waals surface area contributed by atoms with Crippen LogP contribution in [0.4, 0.5) is 5.82 Å². The molecule has 0 radical (unpaired) electrons. The molecule has 4 heteroatoms. The van der Waals surface area contributed by atoms with E-state index in [-0.39, 0.29) is 5.97 Å². The Morgan fingerprint density at radius 3 is 2.78 bits per heavy atom. The van der Waals surface area contributed by atoms with E-state index in [0.717, 1.165) is 11.7 Å². The number of esters is 1. The van der Waals surface area contributed by atoms with Gasteiger partial charge < -0.3 is 10.1 Å². The Hall–Kier alpha value is -1.58. The lowest BCUT2D eigenvalue weighted by Crippen LogP contribution is -2.17. The smallest absolute Gasteiger partial charge is 0.339 e. The summed E-state index contributed by atoms with van der Waals surface area (Å²) in [6.45, 7) is 4.11. The highest BCUT2D eigenvalue weighted by atomic mass is 16.5. The molecule has 0 bridgehead atoms. The number of aryl methyl sites for hydroxylation is 1. The highest BCUT2D eigenvalue weighted by molar-refractivity contribution is 5.90. The average molecular weight is 248 g/mol. The molecular formula is C14H20N2O2. The molecule has 0 aliphatic heterocycles. The largest absolute Gasteiger partial charge is 0.465 e. The Bertz CT molecular complexity index is 445. The first kappa shape index (κ1) is 12.9. The van der Waals surface area contributed by atoms with Crippen LogP contribution in [-0.2, 0) is 4.74 Å². The van der Waals surface area contributed by atoms with E-state index < -0.39 is 0 Å². The lowest BCUT2D eigenvalue weighted by atomic mass is 10.1. The molecule has 0 saturated heterocycles. The Balaban J connectivity index is 2.07. The number of anilines is 1. The lowest BCUT2D eigenvalue weighted by molar-refractivity contribution is 0.0599. The normalized spacial score (nSPS) is 22.8. The maximum Gasteiger partial charge on any atom is 0.339 e. The maximum atomic E-state index is 11.5. The highest BCUT2D eigenvalue weighted by Crippen LogP contribution is 2.27. The molecule has 0 aromatic carbocycles. The van der Waals surface area contributed by atoms with Gasteiger partial charge in [0.25, 0.3) is 0 Å². The number of hydrogen-bond donors (Lipinski definition) is 1. The standard InChI is InChI=1S/C14H20N2O2/c1-9-4-5-11(8-9)16-13-7-6-12(10(2)15-13)14(17)18-3/h6-7,9,11H,4-5,8H2,1-3H3,(H,15,16). The van der Waals surface area contributed by atoms with Crippen molar-refractivity contribution in [3.63, 3.8) is 0 Å². The number of nitrogens with one attached hydrogen (secondary N) is 1. The van der Waals surface area contributed by atoms with Crippen molar-refractivity contribution in [1.29, 1.82) is 0 Å². The first-order valence-electron chi connectivity index (χ1n) is 6.42. The minimum absolute atomic E-state index is 0.332. The zero-order chi connectivity index (χ0) is 13.1. The zero-order valence-electron chi connectivity index (χ0n) is 11.2. The van der Waals surface area contributed by atoms with Crippen LogP contribution in [0.1, 0.15) is 42.2 Å². The fourth-order valence-corrected chi connectivity index (χ4v) is 2.51. The van der Waals surface area contributed by atoms with Crippen molar-refractivity contribution in [2.45, 2.75) is 39.2 Å². The maximum absolute atomic E-state index is 11.5. The lowest BCUT2D eigenvalue weighted by Gasteiger charge is -2.14. The zero-order valence-corrected chi connectivity index (χ0v) is 11.2. The fraction of sp³-hybridized carbons (Fsp3) is 0.571. The van der Waals surface area contributed by atoms with Crippen molar-refractivity contribution in [2.24, 2.45) is 5.92 Å². The van der Waals surface area contributed by atoms with Gasteiger partial charge in [-0.2, -0.15) is 0 Å². The number of hydrogen-bond acceptors (Lipinski definition) is 4. The number of carbonyl (C=O) groups is 1. The molecule has 1 N–H and O–H groups in total. The molecule has 18 heavy (non-hydrogen) atoms. The Morgan fingerprint density at radius 2 is 2.22 bits per heavy atom. The van der Waals surface area contributed by atoms with E-state index in [1.807, 2.05) is 13.0 Å². The van der Waals surface area contributed by atoms with Gasteiger partial charge in [0.1, 0.15) is 5.82 Å². The Labute approximate surface area is 108 Å². The number of rotatable bonds is 3. The number of carbonyl (C=O) groups excluding carboxylic acids is 1. The molecule has 1 fully saturated rings. The molecule has 1 heterocycles. The van der Waals surface area contributed by atoms with Crippen molar-refractivity contribution >= 4 is 11.8 Å². The van der Waals surface area contributed by atoms with Crippen LogP contribution in [0.25, 0.3) is 0 Å². The first-order valence-corrected chi connectivity index (χ1v) is 6.42. The second kappa shape index (κ2) is 5.38. The van der Waals surface area contributed by atoms with E-state index in [9.17, 15) is 4.79 Å². The summed E-state index contributed by atoms with van der Waals surface area (Å²) in [5.74, 6) is 1.30. The van der Waals surface area contributed by atoms with Gasteiger partial charge in [-0.1, -0.05) is 6.92 Å². The van der Waals surface area contributed by atoms with E-state index in [4.69, 9.17) is 4.74 Å². The van der Waals surface area contributed by atoms with Gasteiger partial charge in [-0.3, -0.25) is 0 Å². The fourth-order valence-electron chi connectivity index (χ4n) is 2.51. The third kappa shape index (κ3) is 2.81. The second-order valence-electron chi connectivity index (χ2n) is 5.08. The second-order valence-corrected chi connectivity index (χ2v) is 5.08. The molecule has 4 nitrogen and oxygen atoms in total. The summed E-state index contributed by atoms with van der Waals surface area (Å²) >= 11 is 0. The molecule has 1 saturated carbocycles. The van der Waals surface area contributed by atoms with Crippen molar-refractivity contribution in [2.75, 3.05) is 12.4 Å². The topological polar surface area (TPSA) is 51.2 Å². The van der Waals surface area contributed by atoms with Gasteiger partial charge in [-0.15, -0.1) is 0 Å². The summed E-state index contributed by atoms with van der Waals surface area (Å²) in [5.41, 5.74) is 1.24. The van der Waals surface area contributed by atoms with Crippen molar-refractivity contribution in [1.82, 2.24) is 4.98 Å². The van der Waals surface area contributed by atoms with Crippen molar-refractivity contribution in [3.8, 4) is 0 Å². The van der Waals surface area contributed by atoms with Crippen LogP contribution in [0.2, 0.25) is 0 Å². The van der Waals surface area contributed by atoms with Gasteiger partial charge in [-0.05, 0) is 44.2 Å². The summed E-state index contributed by atoms with van der Waals surface area (Å²) < 4.78 is 4.71. The molecule has 2 atom stereocenters. The van der Waals surface area contributed by atoms with Crippen molar-refractivity contribution < 1.29 is 9.53 Å². The minimum atomic E-state index is -0.332. The summed E-state index contributed by atoms with van der Waals surface area (Å²) in [6, 6.07) is 4.13. The van der Waals surface area contributed by atoms with Crippen LogP contribution >= 0.6 is 0 Å². The van der Waals surface area contributed by atoms with Gasteiger partial charge in [0.2, 0.25) is 0 Å². The third-order valence-electron chi connectivity index (χ3n) is 3.54. The number of ether oxygens (including phenoxy) is 1. The van der Waals surface area contributed by atoms with Crippen LogP contribution < -0.4 is 5.32 Å². The molecule has 1 aliphatic carbocycles. The van der Waals surface area contributed by atoms with Crippen LogP contribution in [0.5, 0.6) is 0 Å². The predicted molar refractivity (Wildman–Crippen MR) is 70.7 cm³/mol. The SMILES string of the molecule is COC(=O)c1ccc(NC2CCC(C)C2)nc1C. The molecule has 1 aromatic heterocycles. The highest BCUT2D eigenvalue weighted by Gasteiger charge is 2.21. The van der Waals surface area contributed by atoms with Crippen LogP contribution in [0.3, 0.4) is 0 Å². The number of aromatic nitrogens is 1. The average Bonchev–Trinajstić information content (AvgIpc) is 2.74. The molecule has 2 rings (SSSR count). The van der Waals surface area contributed by atoms with E-state index >= 15 is 0 Å². The molecule has 98 valence electrons. The van der Waals surface area contributed by atoms with Gasteiger partial charge in [0, 0.05) is 6.04 Å². The third-order valence-corrected chi connectivity index (χ3v) is 3.54. The molecular weight excluding hydrogens is 228 g/mol. The van der Waals surface area contributed by atoms with Crippen LogP contribution in [0.15, 0.2) is 12.1 Å². The summed E-state index contributed by atoms with van der Waals surface area (Å²) in [4.78, 5) is 15.9. The molecule has 0 spiro atoms. The van der Waals surface area contributed by atoms with Gasteiger partial charge in [0.05, 0.1) is 18.4 Å². The summed E-state index contributed by atoms with van der Waals surface area (Å²) in [7, 11) is 1.38. The summed E-state index contributed by atoms with van der Waals surface area (Å²) in [6.07, 6.45) is 3.66. The van der Waals surface area contributed by atoms with Crippen LogP contribution in [0, 0.1) is 12.8 Å². The molecule has 0 amide bonds. The van der Waals surface area contributed by atoms with E-state index in [1.54, 1.807) is 6.07 Å². The quantitative estimate of drug-likeness (QED) is 0.836. The van der Waals surface area contributed by atoms with Gasteiger partial charge in [0.15, 0.2) is 0 Å². The monoisotopic (exact) mass is 248 g/mol. The molecule has 1 aliphatic rings. The summed E-state index contributed by atoms with van der Waals surface area (Å²) in [5, 5.41) is 3.43. The first-order chi connectivity index (χ1) is 8.60. The number of nitrogens with zero attached hydrogens (tertiary/aromatic N) is 1. The predicted octanol–water partition coefficient (Wildman–Crippen LogP) is 2.78. The van der Waals surface area contributed by atoms with Crippen molar-refractivity contribution in [3.05, 3.63) is 23.4 Å². The number of methoxy groups -OCH3 is 1. The minimum Gasteiger partial charge on any atom is -0.465 e.